The fourth-order valence-electron chi connectivity index (χ4n) is 4.62. The fraction of sp³-hybridized carbons (Fsp3) is 0.857. The van der Waals surface area contributed by atoms with E-state index in [0.717, 1.165) is 12.8 Å². The highest BCUT2D eigenvalue weighted by atomic mass is 16.3. The van der Waals surface area contributed by atoms with Gasteiger partial charge in [-0.2, -0.15) is 0 Å². The number of hydrogen-bond acceptors (Lipinski definition) is 1. The standard InChI is InChI=1S/C14H26O/c1-10(2)11-12(3,4)8-14(7,15)9-13(11,5)6/h11,15H,1,8-9H2,2-7H3. The fourth-order valence-corrected chi connectivity index (χ4v) is 4.62. The molecule has 1 aliphatic rings. The van der Waals surface area contributed by atoms with E-state index >= 15 is 0 Å². The molecular weight excluding hydrogens is 184 g/mol. The largest absolute Gasteiger partial charge is 0.390 e. The lowest BCUT2D eigenvalue weighted by atomic mass is 9.52. The van der Waals surface area contributed by atoms with Crippen molar-refractivity contribution in [3.63, 3.8) is 0 Å². The van der Waals surface area contributed by atoms with E-state index in [1.165, 1.54) is 5.57 Å². The van der Waals surface area contributed by atoms with Crippen molar-refractivity contribution >= 4 is 0 Å². The molecule has 0 aromatic heterocycles. The van der Waals surface area contributed by atoms with Crippen molar-refractivity contribution in [2.75, 3.05) is 0 Å². The summed E-state index contributed by atoms with van der Waals surface area (Å²) in [6.45, 7) is 17.2. The summed E-state index contributed by atoms with van der Waals surface area (Å²) in [6.07, 6.45) is 1.72. The summed E-state index contributed by atoms with van der Waals surface area (Å²) in [4.78, 5) is 0. The molecule has 1 heteroatoms. The van der Waals surface area contributed by atoms with Gasteiger partial charge in [-0.1, -0.05) is 39.8 Å². The highest BCUT2D eigenvalue weighted by molar-refractivity contribution is 5.13. The SMILES string of the molecule is C=C(C)C1C(C)(C)CC(C)(O)CC1(C)C. The van der Waals surface area contributed by atoms with E-state index in [1.54, 1.807) is 0 Å². The Kier molecular flexibility index (Phi) is 2.85. The molecule has 0 aromatic rings. The Morgan fingerprint density at radius 1 is 1.07 bits per heavy atom. The van der Waals surface area contributed by atoms with Crippen LogP contribution in [0.15, 0.2) is 12.2 Å². The van der Waals surface area contributed by atoms with Crippen molar-refractivity contribution in [1.82, 2.24) is 0 Å². The van der Waals surface area contributed by atoms with Gasteiger partial charge in [0.1, 0.15) is 0 Å². The van der Waals surface area contributed by atoms with Crippen molar-refractivity contribution in [2.45, 2.75) is 60.0 Å². The first-order valence-electron chi connectivity index (χ1n) is 5.86. The molecule has 0 aliphatic heterocycles. The second-order valence-corrected chi connectivity index (χ2v) is 7.11. The first kappa shape index (κ1) is 12.8. The van der Waals surface area contributed by atoms with Crippen molar-refractivity contribution < 1.29 is 5.11 Å². The third-order valence-electron chi connectivity index (χ3n) is 3.73. The summed E-state index contributed by atoms with van der Waals surface area (Å²) >= 11 is 0. The van der Waals surface area contributed by atoms with Crippen LogP contribution in [0.25, 0.3) is 0 Å². The van der Waals surface area contributed by atoms with Crippen LogP contribution >= 0.6 is 0 Å². The molecule has 1 fully saturated rings. The second kappa shape index (κ2) is 3.35. The van der Waals surface area contributed by atoms with Crippen LogP contribution in [-0.4, -0.2) is 10.7 Å². The summed E-state index contributed by atoms with van der Waals surface area (Å²) in [7, 11) is 0. The van der Waals surface area contributed by atoms with Gasteiger partial charge in [0.25, 0.3) is 0 Å². The molecule has 0 heterocycles. The zero-order valence-corrected chi connectivity index (χ0v) is 11.1. The smallest absolute Gasteiger partial charge is 0.0630 e. The molecule has 0 aromatic carbocycles. The number of hydrogen-bond donors (Lipinski definition) is 1. The van der Waals surface area contributed by atoms with Gasteiger partial charge in [-0.25, -0.2) is 0 Å². The van der Waals surface area contributed by atoms with Crippen LogP contribution in [0.3, 0.4) is 0 Å². The van der Waals surface area contributed by atoms with Gasteiger partial charge in [-0.3, -0.25) is 0 Å². The molecule has 1 N–H and O–H groups in total. The van der Waals surface area contributed by atoms with Crippen molar-refractivity contribution in [1.29, 1.82) is 0 Å². The van der Waals surface area contributed by atoms with Crippen LogP contribution in [0, 0.1) is 16.7 Å². The van der Waals surface area contributed by atoms with Gasteiger partial charge >= 0.3 is 0 Å². The molecule has 15 heavy (non-hydrogen) atoms. The molecule has 88 valence electrons. The molecule has 1 aliphatic carbocycles. The minimum atomic E-state index is -0.529. The Labute approximate surface area is 94.6 Å². The van der Waals surface area contributed by atoms with E-state index in [9.17, 15) is 5.11 Å². The summed E-state index contributed by atoms with van der Waals surface area (Å²) in [6, 6.07) is 0. The molecular formula is C14H26O. The minimum Gasteiger partial charge on any atom is -0.390 e. The van der Waals surface area contributed by atoms with E-state index in [4.69, 9.17) is 0 Å². The Bertz CT molecular complexity index is 251. The van der Waals surface area contributed by atoms with Crippen LogP contribution in [0.2, 0.25) is 0 Å². The molecule has 1 saturated carbocycles. The van der Waals surface area contributed by atoms with Crippen molar-refractivity contribution in [3.05, 3.63) is 12.2 Å². The lowest BCUT2D eigenvalue weighted by Gasteiger charge is -2.55. The van der Waals surface area contributed by atoms with E-state index < -0.39 is 5.60 Å². The third-order valence-corrected chi connectivity index (χ3v) is 3.73. The van der Waals surface area contributed by atoms with Crippen LogP contribution in [0.1, 0.15) is 54.4 Å². The average Bonchev–Trinajstić information content (AvgIpc) is 1.71. The van der Waals surface area contributed by atoms with E-state index in [2.05, 4.69) is 41.2 Å². The van der Waals surface area contributed by atoms with Gasteiger partial charge in [0, 0.05) is 0 Å². The molecule has 0 radical (unpaired) electrons. The number of rotatable bonds is 1. The van der Waals surface area contributed by atoms with Crippen LogP contribution < -0.4 is 0 Å². The van der Waals surface area contributed by atoms with Crippen molar-refractivity contribution in [2.24, 2.45) is 16.7 Å². The summed E-state index contributed by atoms with van der Waals surface area (Å²) in [5.41, 5.74) is 0.994. The molecule has 1 rings (SSSR count). The summed E-state index contributed by atoms with van der Waals surface area (Å²) < 4.78 is 0. The number of aliphatic hydroxyl groups is 1. The zero-order chi connectivity index (χ0) is 12.1. The third kappa shape index (κ3) is 2.44. The quantitative estimate of drug-likeness (QED) is 0.653. The molecule has 0 unspecified atom stereocenters. The van der Waals surface area contributed by atoms with Crippen LogP contribution in [0.5, 0.6) is 0 Å². The molecule has 0 spiro atoms. The molecule has 0 amide bonds. The highest BCUT2D eigenvalue weighted by Crippen LogP contribution is 2.56. The van der Waals surface area contributed by atoms with Crippen molar-refractivity contribution in [3.8, 4) is 0 Å². The first-order chi connectivity index (χ1) is 6.48. The Morgan fingerprint density at radius 2 is 1.40 bits per heavy atom. The summed E-state index contributed by atoms with van der Waals surface area (Å²) in [5.74, 6) is 0.491. The lowest BCUT2D eigenvalue weighted by molar-refractivity contribution is -0.102. The van der Waals surface area contributed by atoms with Gasteiger partial charge in [0.2, 0.25) is 0 Å². The van der Waals surface area contributed by atoms with Gasteiger partial charge in [0.05, 0.1) is 5.60 Å². The predicted molar refractivity (Wildman–Crippen MR) is 65.7 cm³/mol. The Morgan fingerprint density at radius 3 is 1.67 bits per heavy atom. The first-order valence-corrected chi connectivity index (χ1v) is 5.86. The molecule has 0 atom stereocenters. The normalized spacial score (nSPS) is 38.7. The van der Waals surface area contributed by atoms with Gasteiger partial charge in [-0.05, 0) is 43.4 Å². The average molecular weight is 210 g/mol. The monoisotopic (exact) mass is 210 g/mol. The highest BCUT2D eigenvalue weighted by Gasteiger charge is 2.51. The molecule has 1 nitrogen and oxygen atoms in total. The van der Waals surface area contributed by atoms with Crippen LogP contribution in [0.4, 0.5) is 0 Å². The van der Waals surface area contributed by atoms with E-state index in [-0.39, 0.29) is 10.8 Å². The predicted octanol–water partition coefficient (Wildman–Crippen LogP) is 3.78. The summed E-state index contributed by atoms with van der Waals surface area (Å²) in [5, 5.41) is 10.3. The van der Waals surface area contributed by atoms with Gasteiger partial charge in [0.15, 0.2) is 0 Å². The molecule has 0 bridgehead atoms. The van der Waals surface area contributed by atoms with Gasteiger partial charge < -0.3 is 5.11 Å². The Hall–Kier alpha value is -0.300. The topological polar surface area (TPSA) is 20.2 Å². The molecule has 0 saturated heterocycles. The van der Waals surface area contributed by atoms with Gasteiger partial charge in [-0.15, -0.1) is 0 Å². The van der Waals surface area contributed by atoms with E-state index in [1.807, 2.05) is 6.92 Å². The maximum Gasteiger partial charge on any atom is 0.0630 e. The minimum absolute atomic E-state index is 0.136. The van der Waals surface area contributed by atoms with Crippen LogP contribution in [-0.2, 0) is 0 Å². The maximum atomic E-state index is 10.3. The number of allylic oxidation sites excluding steroid dienone is 1. The second-order valence-electron chi connectivity index (χ2n) is 7.11. The van der Waals surface area contributed by atoms with E-state index in [0.29, 0.717) is 5.92 Å². The lowest BCUT2D eigenvalue weighted by Crippen LogP contribution is -2.51. The Balaban J connectivity index is 3.12. The zero-order valence-electron chi connectivity index (χ0n) is 11.1. The maximum absolute atomic E-state index is 10.3.